The molecule has 0 aliphatic carbocycles. The summed E-state index contributed by atoms with van der Waals surface area (Å²) < 4.78 is 17.0. The Hall–Kier alpha value is -3.20. The van der Waals surface area contributed by atoms with Crippen molar-refractivity contribution in [2.24, 2.45) is 0 Å². The van der Waals surface area contributed by atoms with Crippen LogP contribution in [0.1, 0.15) is 5.56 Å². The maximum Gasteiger partial charge on any atom is 0.146 e. The molecule has 0 radical (unpaired) electrons. The van der Waals surface area contributed by atoms with Crippen LogP contribution in [-0.2, 0) is 0 Å². The summed E-state index contributed by atoms with van der Waals surface area (Å²) in [4.78, 5) is 0. The van der Waals surface area contributed by atoms with Crippen LogP contribution in [-0.4, -0.2) is 13.7 Å². The lowest BCUT2D eigenvalue weighted by Crippen LogP contribution is -2.07. The normalized spacial score (nSPS) is 11.0. The number of rotatable bonds is 7. The summed E-state index contributed by atoms with van der Waals surface area (Å²) in [6.45, 7) is 0.338. The summed E-state index contributed by atoms with van der Waals surface area (Å²) in [6, 6.07) is 27.2. The lowest BCUT2D eigenvalue weighted by Gasteiger charge is -2.12. The molecule has 0 saturated carbocycles. The van der Waals surface area contributed by atoms with Crippen LogP contribution in [0.2, 0.25) is 0 Å². The van der Waals surface area contributed by atoms with Gasteiger partial charge < -0.3 is 14.2 Å². The van der Waals surface area contributed by atoms with E-state index in [4.69, 9.17) is 14.2 Å². The molecule has 0 heterocycles. The van der Waals surface area contributed by atoms with Crippen LogP contribution in [0.4, 0.5) is 0 Å². The van der Waals surface area contributed by atoms with Gasteiger partial charge in [-0.25, -0.2) is 0 Å². The van der Waals surface area contributed by atoms with Crippen molar-refractivity contribution < 1.29 is 14.2 Å². The Kier molecular flexibility index (Phi) is 5.73. The Morgan fingerprint density at radius 1 is 0.720 bits per heavy atom. The van der Waals surface area contributed by atoms with Gasteiger partial charge >= 0.3 is 0 Å². The first-order valence-electron chi connectivity index (χ1n) is 8.09. The van der Waals surface area contributed by atoms with E-state index < -0.39 is 0 Å². The van der Waals surface area contributed by atoms with Crippen LogP contribution in [0.5, 0.6) is 17.2 Å². The van der Waals surface area contributed by atoms with Crippen LogP contribution >= 0.6 is 0 Å². The van der Waals surface area contributed by atoms with Crippen LogP contribution in [0.15, 0.2) is 90.7 Å². The van der Waals surface area contributed by atoms with Gasteiger partial charge in [0.1, 0.15) is 29.6 Å². The topological polar surface area (TPSA) is 27.7 Å². The van der Waals surface area contributed by atoms with Crippen LogP contribution < -0.4 is 14.2 Å². The van der Waals surface area contributed by atoms with Crippen molar-refractivity contribution in [1.82, 2.24) is 0 Å². The molecule has 0 aliphatic heterocycles. The minimum Gasteiger partial charge on any atom is -0.497 e. The Morgan fingerprint density at radius 3 is 1.92 bits per heavy atom. The summed E-state index contributed by atoms with van der Waals surface area (Å²) >= 11 is 0. The number of hydrogen-bond donors (Lipinski definition) is 0. The number of benzene rings is 3. The summed E-state index contributed by atoms with van der Waals surface area (Å²) in [6.07, 6.45) is 1.97. The zero-order chi connectivity index (χ0) is 17.3. The maximum absolute atomic E-state index is 6.00. The first-order valence-corrected chi connectivity index (χ1v) is 8.09. The Bertz CT molecular complexity index is 794. The van der Waals surface area contributed by atoms with Crippen LogP contribution in [0.25, 0.3) is 6.08 Å². The highest BCUT2D eigenvalue weighted by molar-refractivity contribution is 5.53. The average molecular weight is 332 g/mol. The monoisotopic (exact) mass is 332 g/mol. The third-order valence-corrected chi connectivity index (χ3v) is 3.56. The van der Waals surface area contributed by atoms with Crippen molar-refractivity contribution in [2.45, 2.75) is 0 Å². The minimum absolute atomic E-state index is 0.338. The van der Waals surface area contributed by atoms with Gasteiger partial charge in [0.2, 0.25) is 0 Å². The van der Waals surface area contributed by atoms with Gasteiger partial charge in [0.25, 0.3) is 0 Å². The fourth-order valence-corrected chi connectivity index (χ4v) is 2.30. The van der Waals surface area contributed by atoms with E-state index in [9.17, 15) is 0 Å². The highest BCUT2D eigenvalue weighted by atomic mass is 16.5. The molecule has 0 aromatic heterocycles. The number of methoxy groups -OCH3 is 1. The predicted molar refractivity (Wildman–Crippen MR) is 100.0 cm³/mol. The lowest BCUT2D eigenvalue weighted by molar-refractivity contribution is 0.283. The molecule has 126 valence electrons. The molecule has 0 N–H and O–H groups in total. The Morgan fingerprint density at radius 2 is 1.32 bits per heavy atom. The molecule has 25 heavy (non-hydrogen) atoms. The second-order valence-corrected chi connectivity index (χ2v) is 5.40. The molecule has 0 fully saturated rings. The van der Waals surface area contributed by atoms with E-state index >= 15 is 0 Å². The standard InChI is InChI=1S/C22H20O3/c1-23-19-14-12-18(13-15-19)16-22(25-21-10-6-3-7-11-21)17-24-20-8-4-2-5-9-20/h2-16H,17H2,1H3/b22-16-. The second kappa shape index (κ2) is 8.60. The third kappa shape index (κ3) is 5.15. The predicted octanol–water partition coefficient (Wildman–Crippen LogP) is 5.19. The molecule has 0 atom stereocenters. The molecule has 0 spiro atoms. The molecule has 3 heteroatoms. The minimum atomic E-state index is 0.338. The second-order valence-electron chi connectivity index (χ2n) is 5.40. The molecule has 0 aliphatic rings. The molecule has 3 aromatic rings. The van der Waals surface area contributed by atoms with E-state index in [1.54, 1.807) is 7.11 Å². The van der Waals surface area contributed by atoms with Crippen LogP contribution in [0.3, 0.4) is 0 Å². The van der Waals surface area contributed by atoms with Gasteiger partial charge in [-0.3, -0.25) is 0 Å². The molecular formula is C22H20O3. The van der Waals surface area contributed by atoms with Gasteiger partial charge in [-0.05, 0) is 48.0 Å². The highest BCUT2D eigenvalue weighted by Crippen LogP contribution is 2.19. The molecule has 3 nitrogen and oxygen atoms in total. The van der Waals surface area contributed by atoms with Gasteiger partial charge in [0.05, 0.1) is 7.11 Å². The summed E-state index contributed by atoms with van der Waals surface area (Å²) in [7, 11) is 1.66. The average Bonchev–Trinajstić information content (AvgIpc) is 2.68. The number of para-hydroxylation sites is 2. The van der Waals surface area contributed by atoms with Crippen molar-refractivity contribution in [3.63, 3.8) is 0 Å². The quantitative estimate of drug-likeness (QED) is 0.557. The fraction of sp³-hybridized carbons (Fsp3) is 0.0909. The van der Waals surface area contributed by atoms with E-state index in [2.05, 4.69) is 0 Å². The van der Waals surface area contributed by atoms with E-state index in [1.807, 2.05) is 91.0 Å². The first kappa shape index (κ1) is 16.7. The number of ether oxygens (including phenoxy) is 3. The highest BCUT2D eigenvalue weighted by Gasteiger charge is 2.04. The fourth-order valence-electron chi connectivity index (χ4n) is 2.30. The van der Waals surface area contributed by atoms with Gasteiger partial charge in [-0.1, -0.05) is 48.5 Å². The van der Waals surface area contributed by atoms with Crippen molar-refractivity contribution in [1.29, 1.82) is 0 Å². The summed E-state index contributed by atoms with van der Waals surface area (Å²) in [5.74, 6) is 3.13. The van der Waals surface area contributed by atoms with Crippen molar-refractivity contribution >= 4 is 6.08 Å². The van der Waals surface area contributed by atoms with Gasteiger partial charge in [0.15, 0.2) is 0 Å². The first-order chi connectivity index (χ1) is 12.3. The molecule has 3 aromatic carbocycles. The molecule has 0 saturated heterocycles. The van der Waals surface area contributed by atoms with Crippen molar-refractivity contribution in [3.05, 3.63) is 96.3 Å². The van der Waals surface area contributed by atoms with E-state index in [-0.39, 0.29) is 0 Å². The summed E-state index contributed by atoms with van der Waals surface area (Å²) in [5.41, 5.74) is 1.02. The zero-order valence-electron chi connectivity index (χ0n) is 14.1. The summed E-state index contributed by atoms with van der Waals surface area (Å²) in [5, 5.41) is 0. The Balaban J connectivity index is 1.78. The maximum atomic E-state index is 6.00. The van der Waals surface area contributed by atoms with Crippen molar-refractivity contribution in [2.75, 3.05) is 13.7 Å². The molecule has 0 bridgehead atoms. The van der Waals surface area contributed by atoms with E-state index in [1.165, 1.54) is 0 Å². The van der Waals surface area contributed by atoms with E-state index in [0.29, 0.717) is 6.61 Å². The smallest absolute Gasteiger partial charge is 0.146 e. The SMILES string of the molecule is COc1ccc(/C=C(/COc2ccccc2)Oc2ccccc2)cc1. The largest absolute Gasteiger partial charge is 0.497 e. The van der Waals surface area contributed by atoms with Gasteiger partial charge in [0, 0.05) is 0 Å². The third-order valence-electron chi connectivity index (χ3n) is 3.56. The molecular weight excluding hydrogens is 312 g/mol. The number of hydrogen-bond acceptors (Lipinski definition) is 3. The molecule has 0 unspecified atom stereocenters. The lowest BCUT2D eigenvalue weighted by atomic mass is 10.2. The molecule has 0 amide bonds. The van der Waals surface area contributed by atoms with Gasteiger partial charge in [-0.15, -0.1) is 0 Å². The van der Waals surface area contributed by atoms with Crippen LogP contribution in [0, 0.1) is 0 Å². The Labute approximate surface area is 148 Å². The van der Waals surface area contributed by atoms with Crippen molar-refractivity contribution in [3.8, 4) is 17.2 Å². The zero-order valence-corrected chi connectivity index (χ0v) is 14.1. The molecule has 3 rings (SSSR count). The van der Waals surface area contributed by atoms with Gasteiger partial charge in [-0.2, -0.15) is 0 Å². The van der Waals surface area contributed by atoms with E-state index in [0.717, 1.165) is 28.6 Å².